The van der Waals surface area contributed by atoms with Crippen molar-refractivity contribution in [3.05, 3.63) is 16.6 Å². The zero-order valence-electron chi connectivity index (χ0n) is 6.90. The van der Waals surface area contributed by atoms with Gasteiger partial charge in [-0.2, -0.15) is 0 Å². The summed E-state index contributed by atoms with van der Waals surface area (Å²) in [5.74, 6) is -0.170. The SMILES string of the molecule is O=C1CCC(=O)N1Cc1cscn1. The highest BCUT2D eigenvalue weighted by Gasteiger charge is 2.28. The monoisotopic (exact) mass is 196 g/mol. The molecule has 2 rings (SSSR count). The molecule has 4 nitrogen and oxygen atoms in total. The van der Waals surface area contributed by atoms with E-state index in [-0.39, 0.29) is 11.8 Å². The topological polar surface area (TPSA) is 50.3 Å². The third-order valence-corrected chi connectivity index (χ3v) is 2.59. The van der Waals surface area contributed by atoms with E-state index in [1.54, 1.807) is 5.51 Å². The van der Waals surface area contributed by atoms with Crippen molar-refractivity contribution in [3.8, 4) is 0 Å². The van der Waals surface area contributed by atoms with Crippen molar-refractivity contribution in [2.45, 2.75) is 19.4 Å². The number of likely N-dealkylation sites (tertiary alicyclic amines) is 1. The molecule has 2 amide bonds. The number of imide groups is 1. The van der Waals surface area contributed by atoms with Gasteiger partial charge in [0.15, 0.2) is 0 Å². The Balaban J connectivity index is 2.09. The van der Waals surface area contributed by atoms with E-state index < -0.39 is 0 Å². The first-order valence-corrected chi connectivity index (χ1v) is 4.92. The van der Waals surface area contributed by atoms with Gasteiger partial charge in [-0.3, -0.25) is 14.5 Å². The van der Waals surface area contributed by atoms with Gasteiger partial charge in [-0.15, -0.1) is 11.3 Å². The Kier molecular flexibility index (Phi) is 2.10. The molecule has 0 atom stereocenters. The second-order valence-electron chi connectivity index (χ2n) is 2.85. The molecule has 2 heterocycles. The third-order valence-electron chi connectivity index (χ3n) is 1.96. The van der Waals surface area contributed by atoms with E-state index in [0.29, 0.717) is 19.4 Å². The van der Waals surface area contributed by atoms with Gasteiger partial charge in [-0.05, 0) is 0 Å². The Hall–Kier alpha value is -1.23. The van der Waals surface area contributed by atoms with E-state index >= 15 is 0 Å². The fourth-order valence-electron chi connectivity index (χ4n) is 1.28. The number of rotatable bonds is 2. The van der Waals surface area contributed by atoms with Crippen LogP contribution in [0, 0.1) is 0 Å². The maximum absolute atomic E-state index is 11.2. The van der Waals surface area contributed by atoms with Crippen LogP contribution in [0.4, 0.5) is 0 Å². The highest BCUT2D eigenvalue weighted by Crippen LogP contribution is 2.15. The van der Waals surface area contributed by atoms with Crippen LogP contribution in [-0.2, 0) is 16.1 Å². The summed E-state index contributed by atoms with van der Waals surface area (Å²) >= 11 is 1.47. The smallest absolute Gasteiger partial charge is 0.230 e. The Morgan fingerprint density at radius 3 is 2.62 bits per heavy atom. The number of carbonyl (C=O) groups is 2. The molecule has 0 radical (unpaired) electrons. The summed E-state index contributed by atoms with van der Waals surface area (Å²) < 4.78 is 0. The molecule has 1 aromatic rings. The average molecular weight is 196 g/mol. The molecule has 1 saturated heterocycles. The maximum Gasteiger partial charge on any atom is 0.230 e. The van der Waals surface area contributed by atoms with Crippen LogP contribution in [0.5, 0.6) is 0 Å². The number of thiazole rings is 1. The van der Waals surface area contributed by atoms with Gasteiger partial charge in [-0.25, -0.2) is 4.98 Å². The summed E-state index contributed by atoms with van der Waals surface area (Å²) in [7, 11) is 0. The second kappa shape index (κ2) is 3.26. The van der Waals surface area contributed by atoms with Gasteiger partial charge in [0.1, 0.15) is 0 Å². The number of hydrogen-bond donors (Lipinski definition) is 0. The van der Waals surface area contributed by atoms with Crippen molar-refractivity contribution >= 4 is 23.2 Å². The van der Waals surface area contributed by atoms with E-state index in [4.69, 9.17) is 0 Å². The van der Waals surface area contributed by atoms with Crippen molar-refractivity contribution in [2.75, 3.05) is 0 Å². The average Bonchev–Trinajstić information content (AvgIpc) is 2.70. The zero-order chi connectivity index (χ0) is 9.26. The molecule has 0 saturated carbocycles. The molecule has 0 spiro atoms. The van der Waals surface area contributed by atoms with Gasteiger partial charge in [0.2, 0.25) is 11.8 Å². The first-order valence-electron chi connectivity index (χ1n) is 3.97. The summed E-state index contributed by atoms with van der Waals surface area (Å²) in [6.45, 7) is 0.334. The minimum Gasteiger partial charge on any atom is -0.276 e. The minimum absolute atomic E-state index is 0.0852. The van der Waals surface area contributed by atoms with Crippen LogP contribution in [0.3, 0.4) is 0 Å². The summed E-state index contributed by atoms with van der Waals surface area (Å²) in [6.07, 6.45) is 0.700. The fourth-order valence-corrected chi connectivity index (χ4v) is 1.83. The molecular formula is C8H8N2O2S. The predicted octanol–water partition coefficient (Wildman–Crippen LogP) is 0.792. The molecule has 0 aliphatic carbocycles. The maximum atomic E-state index is 11.2. The van der Waals surface area contributed by atoms with E-state index in [1.807, 2.05) is 5.38 Å². The van der Waals surface area contributed by atoms with Crippen LogP contribution >= 0.6 is 11.3 Å². The van der Waals surface area contributed by atoms with E-state index in [9.17, 15) is 9.59 Å². The van der Waals surface area contributed by atoms with Crippen LogP contribution < -0.4 is 0 Å². The summed E-state index contributed by atoms with van der Waals surface area (Å²) in [5, 5.41) is 1.85. The minimum atomic E-state index is -0.0852. The molecule has 1 aliphatic rings. The standard InChI is InChI=1S/C8H8N2O2S/c11-7-1-2-8(12)10(7)3-6-4-13-5-9-6/h4-5H,1-3H2. The lowest BCUT2D eigenvalue weighted by Crippen LogP contribution is -2.28. The normalized spacial score (nSPS) is 17.1. The van der Waals surface area contributed by atoms with Crippen LogP contribution in [0.25, 0.3) is 0 Å². The van der Waals surface area contributed by atoms with E-state index in [2.05, 4.69) is 4.98 Å². The van der Waals surface area contributed by atoms with Crippen LogP contribution in [0.1, 0.15) is 18.5 Å². The molecule has 1 fully saturated rings. The lowest BCUT2D eigenvalue weighted by Gasteiger charge is -2.10. The molecule has 0 bridgehead atoms. The highest BCUT2D eigenvalue weighted by molar-refractivity contribution is 7.07. The van der Waals surface area contributed by atoms with Gasteiger partial charge in [-0.1, -0.05) is 0 Å². The summed E-state index contributed by atoms with van der Waals surface area (Å²) in [6, 6.07) is 0. The van der Waals surface area contributed by atoms with E-state index in [0.717, 1.165) is 5.69 Å². The van der Waals surface area contributed by atoms with Crippen LogP contribution in [0.15, 0.2) is 10.9 Å². The third kappa shape index (κ3) is 1.60. The lowest BCUT2D eigenvalue weighted by atomic mass is 10.4. The molecular weight excluding hydrogens is 188 g/mol. The number of aromatic nitrogens is 1. The Morgan fingerprint density at radius 1 is 1.38 bits per heavy atom. The van der Waals surface area contributed by atoms with Crippen molar-refractivity contribution < 1.29 is 9.59 Å². The fraction of sp³-hybridized carbons (Fsp3) is 0.375. The van der Waals surface area contributed by atoms with Gasteiger partial charge in [0, 0.05) is 18.2 Å². The first-order chi connectivity index (χ1) is 6.27. The Bertz CT molecular complexity index is 318. The summed E-state index contributed by atoms with van der Waals surface area (Å²) in [5.41, 5.74) is 2.48. The molecule has 0 N–H and O–H groups in total. The number of nitrogens with zero attached hydrogens (tertiary/aromatic N) is 2. The molecule has 0 aromatic carbocycles. The first kappa shape index (κ1) is 8.37. The van der Waals surface area contributed by atoms with Gasteiger partial charge in [0.05, 0.1) is 17.7 Å². The zero-order valence-corrected chi connectivity index (χ0v) is 7.71. The molecule has 1 aliphatic heterocycles. The molecule has 1 aromatic heterocycles. The van der Waals surface area contributed by atoms with Gasteiger partial charge < -0.3 is 0 Å². The predicted molar refractivity (Wildman–Crippen MR) is 46.9 cm³/mol. The van der Waals surface area contributed by atoms with Crippen LogP contribution in [-0.4, -0.2) is 21.7 Å². The van der Waals surface area contributed by atoms with Crippen molar-refractivity contribution in [3.63, 3.8) is 0 Å². The number of hydrogen-bond acceptors (Lipinski definition) is 4. The summed E-state index contributed by atoms with van der Waals surface area (Å²) in [4.78, 5) is 27.7. The van der Waals surface area contributed by atoms with Crippen LogP contribution in [0.2, 0.25) is 0 Å². The van der Waals surface area contributed by atoms with Gasteiger partial charge in [0.25, 0.3) is 0 Å². The number of carbonyl (C=O) groups excluding carboxylic acids is 2. The Labute approximate surface area is 79.2 Å². The van der Waals surface area contributed by atoms with Gasteiger partial charge >= 0.3 is 0 Å². The van der Waals surface area contributed by atoms with Crippen molar-refractivity contribution in [2.24, 2.45) is 0 Å². The largest absolute Gasteiger partial charge is 0.276 e. The van der Waals surface area contributed by atoms with Crippen molar-refractivity contribution in [1.82, 2.24) is 9.88 Å². The van der Waals surface area contributed by atoms with Crippen molar-refractivity contribution in [1.29, 1.82) is 0 Å². The molecule has 5 heteroatoms. The quantitative estimate of drug-likeness (QED) is 0.657. The molecule has 0 unspecified atom stereocenters. The van der Waals surface area contributed by atoms with E-state index in [1.165, 1.54) is 16.2 Å². The highest BCUT2D eigenvalue weighted by atomic mass is 32.1. The molecule has 13 heavy (non-hydrogen) atoms. The number of amides is 2. The molecule has 68 valence electrons. The Morgan fingerprint density at radius 2 is 2.08 bits per heavy atom. The lowest BCUT2D eigenvalue weighted by molar-refractivity contribution is -0.139. The second-order valence-corrected chi connectivity index (χ2v) is 3.57.